The van der Waals surface area contributed by atoms with Crippen molar-refractivity contribution in [3.05, 3.63) is 355 Å². The number of nitrogens with zero attached hydrogens (tertiary/aromatic N) is 8. The summed E-state index contributed by atoms with van der Waals surface area (Å²) in [4.78, 5) is 20.7. The lowest BCUT2D eigenvalue weighted by Gasteiger charge is -2.46. The standard InChI is InChI=1S/C117H107BN8/c1-112(2,3)76-47-56-98-89(61-76)90-62-77(113(4,5)6)48-57-99(90)122(98)82-52-54-94-103(68-82)125(102-60-51-80(116(13,14)15)65-93(102)111-120-109(74-39-27-21-28-40-74)119-110(121-111)75-41-29-22-30-42-75)105-70-84(124-96-45-33-31-43-85(96)86-44-32-34-46-97(86)124)71-106-107(105)118(94)95-55-53-83(123-100-58-49-78(114(7,8)9)63-91(100)92-64-79(115(10,11)12)50-59-101(92)123)69-104(95)126(106)108-87(72-35-23-19-24-36-72)66-81(117(16,17)18)67-88(108)73-37-25-20-26-38-73/h19-71H,1-18H3/i21D,22D,27D,28D,29D,30D,39D,40D,41D,42D. The van der Waals surface area contributed by atoms with E-state index < -0.39 is 72.6 Å². The molecule has 2 aliphatic rings. The SMILES string of the molecule is [2H]c1c([2H])c([2H])c(-c2nc(-c3cc(C(C)(C)C)ccc3N3c4cc(-n5c6ccc(C(C)(C)C)cc6c6cc(C(C)(C)C)ccc65)ccc4B4c5ccc(-n6c7ccc(C(C)(C)C)cc7c7cc(C(C)(C)C)ccc76)cc5N(c5c(-c6ccccc6)cc(C(C)(C)C)cc5-c5ccccc5)c5cc(-n6c7ccccc7c7ccccc76)cc3c54)nc(-c3c([2H])c([2H])c([2H])c([2H])c3[2H])n2)c([2H])c1[2H]. The molecule has 8 nitrogen and oxygen atoms in total. The average molecular weight is 1650 g/mol. The Kier molecular flexibility index (Phi) is 15.8. The lowest BCUT2D eigenvalue weighted by molar-refractivity contribution is 0.590. The van der Waals surface area contributed by atoms with Crippen LogP contribution in [-0.4, -0.2) is 35.4 Å². The van der Waals surface area contributed by atoms with Crippen LogP contribution in [0.5, 0.6) is 0 Å². The second kappa shape index (κ2) is 29.0. The summed E-state index contributed by atoms with van der Waals surface area (Å²) in [7, 11) is 0. The molecule has 0 saturated carbocycles. The third kappa shape index (κ3) is 13.3. The Bertz CT molecular complexity index is 7910. The predicted molar refractivity (Wildman–Crippen MR) is 536 cm³/mol. The van der Waals surface area contributed by atoms with Gasteiger partial charge in [-0.25, -0.2) is 15.0 Å². The van der Waals surface area contributed by atoms with Crippen molar-refractivity contribution in [1.29, 1.82) is 0 Å². The van der Waals surface area contributed by atoms with Gasteiger partial charge in [-0.05, 0) is 215 Å². The first-order valence-electron chi connectivity index (χ1n) is 49.0. The molecule has 0 radical (unpaired) electrons. The lowest BCUT2D eigenvalue weighted by Crippen LogP contribution is -2.61. The van der Waals surface area contributed by atoms with Crippen molar-refractivity contribution in [1.82, 2.24) is 28.7 Å². The van der Waals surface area contributed by atoms with E-state index in [0.29, 0.717) is 11.3 Å². The summed E-state index contributed by atoms with van der Waals surface area (Å²) < 4.78 is 101. The Morgan fingerprint density at radius 2 is 0.571 bits per heavy atom. The largest absolute Gasteiger partial charge is 0.311 e. The summed E-state index contributed by atoms with van der Waals surface area (Å²) in [6, 6.07) is 90.6. The van der Waals surface area contributed by atoms with Gasteiger partial charge in [-0.15, -0.1) is 0 Å². The van der Waals surface area contributed by atoms with Gasteiger partial charge in [0.2, 0.25) is 0 Å². The molecule has 2 aliphatic heterocycles. The fourth-order valence-electron chi connectivity index (χ4n) is 19.3. The molecule has 0 atom stereocenters. The second-order valence-electron chi connectivity index (χ2n) is 40.6. The number of aromatic nitrogens is 6. The molecule has 15 aromatic carbocycles. The maximum Gasteiger partial charge on any atom is 0.252 e. The van der Waals surface area contributed by atoms with Gasteiger partial charge in [-0.1, -0.05) is 325 Å². The normalized spacial score (nSPS) is 14.4. The van der Waals surface area contributed by atoms with Crippen molar-refractivity contribution < 1.29 is 13.7 Å². The number of para-hydroxylation sites is 2. The zero-order chi connectivity index (χ0) is 95.9. The van der Waals surface area contributed by atoms with Gasteiger partial charge in [0.15, 0.2) is 17.5 Å². The fraction of sp³-hybridized carbons (Fsp3) is 0.205. The summed E-state index contributed by atoms with van der Waals surface area (Å²) in [5.41, 5.74) is 25.4. The molecule has 0 bridgehead atoms. The van der Waals surface area contributed by atoms with Gasteiger partial charge in [0, 0.05) is 94.3 Å². The molecule has 19 aromatic rings. The van der Waals surface area contributed by atoms with Crippen LogP contribution in [0, 0.1) is 0 Å². The molecule has 21 rings (SSSR count). The molecule has 0 N–H and O–H groups in total. The van der Waals surface area contributed by atoms with E-state index in [0.717, 1.165) is 161 Å². The van der Waals surface area contributed by atoms with Gasteiger partial charge in [0.05, 0.1) is 63.9 Å². The van der Waals surface area contributed by atoms with Crippen LogP contribution >= 0.6 is 0 Å². The number of benzene rings is 15. The van der Waals surface area contributed by atoms with Crippen LogP contribution in [0.1, 0.15) is 172 Å². The Balaban J connectivity index is 0.974. The lowest BCUT2D eigenvalue weighted by atomic mass is 9.33. The van der Waals surface area contributed by atoms with Crippen LogP contribution in [0.25, 0.3) is 139 Å². The topological polar surface area (TPSA) is 59.9 Å². The summed E-state index contributed by atoms with van der Waals surface area (Å²) >= 11 is 0. The van der Waals surface area contributed by atoms with Gasteiger partial charge >= 0.3 is 0 Å². The van der Waals surface area contributed by atoms with E-state index in [4.69, 9.17) is 17.7 Å². The van der Waals surface area contributed by atoms with Crippen molar-refractivity contribution in [3.63, 3.8) is 0 Å². The summed E-state index contributed by atoms with van der Waals surface area (Å²) in [5.74, 6) is -0.834. The van der Waals surface area contributed by atoms with Gasteiger partial charge in [0.25, 0.3) is 6.71 Å². The van der Waals surface area contributed by atoms with Gasteiger partial charge < -0.3 is 23.5 Å². The van der Waals surface area contributed by atoms with E-state index in [1.165, 1.54) is 22.3 Å². The molecule has 9 heteroatoms. The maximum absolute atomic E-state index is 9.69. The molecular formula is C117H107BN8. The molecule has 0 amide bonds. The van der Waals surface area contributed by atoms with Gasteiger partial charge in [0.1, 0.15) is 0 Å². The van der Waals surface area contributed by atoms with Crippen LogP contribution in [0.15, 0.2) is 321 Å². The van der Waals surface area contributed by atoms with Crippen molar-refractivity contribution in [2.24, 2.45) is 0 Å². The van der Waals surface area contributed by atoms with Crippen LogP contribution in [0.3, 0.4) is 0 Å². The minimum absolute atomic E-state index is 0.0774. The van der Waals surface area contributed by atoms with Crippen molar-refractivity contribution >= 4 is 123 Å². The second-order valence-corrected chi connectivity index (χ2v) is 40.6. The van der Waals surface area contributed by atoms with E-state index in [9.17, 15) is 11.0 Å². The van der Waals surface area contributed by atoms with E-state index in [2.05, 4.69) is 403 Å². The summed E-state index contributed by atoms with van der Waals surface area (Å²) in [6.45, 7) is 40.0. The zero-order valence-electron chi connectivity index (χ0n) is 85.0. The molecule has 126 heavy (non-hydrogen) atoms. The molecule has 0 spiro atoms. The Labute approximate surface area is 755 Å². The molecular weight excluding hydrogens is 1530 g/mol. The third-order valence-corrected chi connectivity index (χ3v) is 26.2. The molecule has 0 saturated heterocycles. The quantitative estimate of drug-likeness (QED) is 0.128. The first-order chi connectivity index (χ1) is 64.4. The highest BCUT2D eigenvalue weighted by atomic mass is 15.2. The summed E-state index contributed by atoms with van der Waals surface area (Å²) in [5, 5.41) is 6.66. The number of hydrogen-bond acceptors (Lipinski definition) is 5. The van der Waals surface area contributed by atoms with E-state index in [1.54, 1.807) is 0 Å². The van der Waals surface area contributed by atoms with Gasteiger partial charge in [-0.2, -0.15) is 0 Å². The molecule has 6 heterocycles. The maximum atomic E-state index is 9.69. The van der Waals surface area contributed by atoms with E-state index >= 15 is 0 Å². The van der Waals surface area contributed by atoms with Crippen LogP contribution in [-0.2, 0) is 32.5 Å². The van der Waals surface area contributed by atoms with E-state index in [-0.39, 0.29) is 55.7 Å². The third-order valence-electron chi connectivity index (χ3n) is 26.2. The predicted octanol–water partition coefficient (Wildman–Crippen LogP) is 29.4. The minimum atomic E-state index is -0.645. The number of fused-ring (bicyclic) bond motifs is 13. The smallest absolute Gasteiger partial charge is 0.252 e. The van der Waals surface area contributed by atoms with Crippen molar-refractivity contribution in [3.8, 4) is 73.5 Å². The number of rotatable bonds is 10. The van der Waals surface area contributed by atoms with Crippen LogP contribution in [0.4, 0.5) is 34.1 Å². The molecule has 4 aromatic heterocycles. The Morgan fingerprint density at radius 1 is 0.246 bits per heavy atom. The number of anilines is 6. The van der Waals surface area contributed by atoms with Crippen LogP contribution in [0.2, 0.25) is 0 Å². The molecule has 0 fully saturated rings. The van der Waals surface area contributed by atoms with Crippen molar-refractivity contribution in [2.75, 3.05) is 9.80 Å². The highest BCUT2D eigenvalue weighted by molar-refractivity contribution is 7.00. The Hall–Kier alpha value is -13.6. The monoisotopic (exact) mass is 1640 g/mol. The van der Waals surface area contributed by atoms with Crippen molar-refractivity contribution in [2.45, 2.75) is 157 Å². The highest BCUT2D eigenvalue weighted by Gasteiger charge is 2.47. The molecule has 0 unspecified atom stereocenters. The average Bonchev–Trinajstić information content (AvgIpc) is 1.17. The Morgan fingerprint density at radius 3 is 0.976 bits per heavy atom. The van der Waals surface area contributed by atoms with E-state index in [1.807, 2.05) is 6.07 Å². The minimum Gasteiger partial charge on any atom is -0.311 e. The first kappa shape index (κ1) is 68.8. The molecule has 618 valence electrons. The van der Waals surface area contributed by atoms with Gasteiger partial charge in [-0.3, -0.25) is 0 Å². The fourth-order valence-corrected chi connectivity index (χ4v) is 19.3. The summed E-state index contributed by atoms with van der Waals surface area (Å²) in [6.07, 6.45) is 0. The zero-order valence-corrected chi connectivity index (χ0v) is 75.0. The molecule has 0 aliphatic carbocycles. The number of hydrogen-bond donors (Lipinski definition) is 0. The first-order valence-corrected chi connectivity index (χ1v) is 44.0. The highest BCUT2D eigenvalue weighted by Crippen LogP contribution is 2.55. The van der Waals surface area contributed by atoms with Crippen LogP contribution < -0.4 is 26.2 Å².